The summed E-state index contributed by atoms with van der Waals surface area (Å²) >= 11 is 0. The quantitative estimate of drug-likeness (QED) is 0.501. The second-order valence-corrected chi connectivity index (χ2v) is 7.94. The van der Waals surface area contributed by atoms with Gasteiger partial charge in [0.25, 0.3) is 0 Å². The van der Waals surface area contributed by atoms with Gasteiger partial charge in [-0.3, -0.25) is 4.79 Å². The molecule has 1 amide bonds. The number of aromatic nitrogens is 1. The van der Waals surface area contributed by atoms with Crippen LogP contribution in [0.2, 0.25) is 0 Å². The molecule has 0 saturated heterocycles. The van der Waals surface area contributed by atoms with Crippen molar-refractivity contribution in [1.82, 2.24) is 4.98 Å². The van der Waals surface area contributed by atoms with Gasteiger partial charge in [-0.25, -0.2) is 0 Å². The fourth-order valence-corrected chi connectivity index (χ4v) is 3.49. The minimum Gasteiger partial charge on any atom is -0.504 e. The Labute approximate surface area is 163 Å². The monoisotopic (exact) mass is 380 g/mol. The van der Waals surface area contributed by atoms with Crippen LogP contribution in [0.3, 0.4) is 0 Å². The van der Waals surface area contributed by atoms with Crippen LogP contribution in [0.4, 0.5) is 5.69 Å². The van der Waals surface area contributed by atoms with Crippen molar-refractivity contribution in [3.8, 4) is 11.5 Å². The predicted octanol–water partition coefficient (Wildman–Crippen LogP) is 4.13. The highest BCUT2D eigenvalue weighted by atomic mass is 16.5. The van der Waals surface area contributed by atoms with E-state index in [0.29, 0.717) is 24.1 Å². The van der Waals surface area contributed by atoms with Crippen molar-refractivity contribution >= 4 is 22.5 Å². The standard InChI is InChI=1S/C22H24N2O4/c1-21(2,28-3)19-11-13-10-15(5-6-16(13)24-19)23-20(27)22(8-9-22)14-4-7-17(25)18(26)12-14/h4-7,10-12,24-26H,8-9H2,1-3H3,(H,23,27). The van der Waals surface area contributed by atoms with E-state index >= 15 is 0 Å². The smallest absolute Gasteiger partial charge is 0.235 e. The Bertz CT molecular complexity index is 1060. The molecule has 4 rings (SSSR count). The summed E-state index contributed by atoms with van der Waals surface area (Å²) < 4.78 is 5.53. The third-order valence-electron chi connectivity index (χ3n) is 5.75. The topological polar surface area (TPSA) is 94.6 Å². The molecule has 28 heavy (non-hydrogen) atoms. The van der Waals surface area contributed by atoms with Gasteiger partial charge in [0.15, 0.2) is 11.5 Å². The molecular formula is C22H24N2O4. The van der Waals surface area contributed by atoms with Crippen LogP contribution in [0.15, 0.2) is 42.5 Å². The fourth-order valence-electron chi connectivity index (χ4n) is 3.49. The van der Waals surface area contributed by atoms with Crippen LogP contribution in [0, 0.1) is 0 Å². The van der Waals surface area contributed by atoms with E-state index in [1.807, 2.05) is 38.1 Å². The minimum atomic E-state index is -0.651. The minimum absolute atomic E-state index is 0.107. The molecule has 4 N–H and O–H groups in total. The number of aromatic amines is 1. The van der Waals surface area contributed by atoms with E-state index in [2.05, 4.69) is 10.3 Å². The van der Waals surface area contributed by atoms with E-state index < -0.39 is 11.0 Å². The molecule has 0 spiro atoms. The summed E-state index contributed by atoms with van der Waals surface area (Å²) in [5.41, 5.74) is 2.29. The van der Waals surface area contributed by atoms with Gasteiger partial charge in [0.2, 0.25) is 5.91 Å². The normalized spacial score (nSPS) is 15.5. The number of phenolic OH excluding ortho intramolecular Hbond substituents is 2. The molecule has 0 unspecified atom stereocenters. The number of hydrogen-bond acceptors (Lipinski definition) is 4. The van der Waals surface area contributed by atoms with Gasteiger partial charge in [0.05, 0.1) is 5.41 Å². The van der Waals surface area contributed by atoms with Crippen molar-refractivity contribution in [2.75, 3.05) is 12.4 Å². The van der Waals surface area contributed by atoms with E-state index in [-0.39, 0.29) is 17.4 Å². The molecule has 1 fully saturated rings. The van der Waals surface area contributed by atoms with E-state index in [1.54, 1.807) is 13.2 Å². The number of anilines is 1. The Morgan fingerprint density at radius 3 is 2.50 bits per heavy atom. The van der Waals surface area contributed by atoms with Crippen molar-refractivity contribution in [2.24, 2.45) is 0 Å². The zero-order chi connectivity index (χ0) is 20.1. The number of phenols is 2. The highest BCUT2D eigenvalue weighted by Gasteiger charge is 2.51. The van der Waals surface area contributed by atoms with Gasteiger partial charge in [-0.15, -0.1) is 0 Å². The number of benzene rings is 2. The first-order valence-electron chi connectivity index (χ1n) is 9.27. The van der Waals surface area contributed by atoms with E-state index in [9.17, 15) is 15.0 Å². The summed E-state index contributed by atoms with van der Waals surface area (Å²) in [7, 11) is 1.67. The summed E-state index contributed by atoms with van der Waals surface area (Å²) in [6.07, 6.45) is 1.42. The maximum atomic E-state index is 13.0. The van der Waals surface area contributed by atoms with Crippen molar-refractivity contribution in [3.05, 3.63) is 53.7 Å². The van der Waals surface area contributed by atoms with E-state index in [0.717, 1.165) is 16.6 Å². The molecule has 1 aliphatic rings. The van der Waals surface area contributed by atoms with Gasteiger partial charge in [-0.2, -0.15) is 0 Å². The summed E-state index contributed by atoms with van der Waals surface area (Å²) in [6.45, 7) is 3.98. The molecule has 1 heterocycles. The van der Waals surface area contributed by atoms with Crippen LogP contribution in [0.25, 0.3) is 10.9 Å². The molecule has 1 aromatic heterocycles. The highest BCUT2D eigenvalue weighted by molar-refractivity contribution is 6.02. The molecule has 1 saturated carbocycles. The Morgan fingerprint density at radius 1 is 1.11 bits per heavy atom. The molecule has 6 heteroatoms. The lowest BCUT2D eigenvalue weighted by Gasteiger charge is -2.21. The predicted molar refractivity (Wildman–Crippen MR) is 108 cm³/mol. The molecule has 2 aromatic carbocycles. The maximum absolute atomic E-state index is 13.0. The number of rotatable bonds is 5. The van der Waals surface area contributed by atoms with Gasteiger partial charge in [-0.05, 0) is 68.7 Å². The first kappa shape index (κ1) is 18.4. The first-order chi connectivity index (χ1) is 13.2. The van der Waals surface area contributed by atoms with Crippen LogP contribution < -0.4 is 5.32 Å². The average Bonchev–Trinajstić information content (AvgIpc) is 3.37. The van der Waals surface area contributed by atoms with Crippen LogP contribution in [0.1, 0.15) is 37.9 Å². The summed E-state index contributed by atoms with van der Waals surface area (Å²) in [4.78, 5) is 16.3. The Morgan fingerprint density at radius 2 is 1.86 bits per heavy atom. The average molecular weight is 380 g/mol. The molecule has 3 aromatic rings. The van der Waals surface area contributed by atoms with Crippen molar-refractivity contribution in [3.63, 3.8) is 0 Å². The number of ether oxygens (including phenoxy) is 1. The third-order valence-corrected chi connectivity index (χ3v) is 5.75. The molecule has 0 radical (unpaired) electrons. The van der Waals surface area contributed by atoms with Crippen molar-refractivity contribution in [1.29, 1.82) is 0 Å². The Hall–Kier alpha value is -2.99. The number of amides is 1. The van der Waals surface area contributed by atoms with E-state index in [4.69, 9.17) is 4.74 Å². The lowest BCUT2D eigenvalue weighted by atomic mass is 9.94. The number of aromatic hydroxyl groups is 2. The zero-order valence-electron chi connectivity index (χ0n) is 16.2. The molecule has 0 aliphatic heterocycles. The number of hydrogen-bond donors (Lipinski definition) is 4. The molecule has 1 aliphatic carbocycles. The summed E-state index contributed by atoms with van der Waals surface area (Å²) in [6, 6.07) is 12.3. The second-order valence-electron chi connectivity index (χ2n) is 7.94. The fraction of sp³-hybridized carbons (Fsp3) is 0.318. The SMILES string of the molecule is COC(C)(C)c1cc2cc(NC(=O)C3(c4ccc(O)c(O)c4)CC3)ccc2[nH]1. The van der Waals surface area contributed by atoms with Crippen molar-refractivity contribution in [2.45, 2.75) is 37.7 Å². The van der Waals surface area contributed by atoms with Gasteiger partial charge >= 0.3 is 0 Å². The molecule has 146 valence electrons. The van der Waals surface area contributed by atoms with Crippen LogP contribution in [-0.2, 0) is 20.5 Å². The van der Waals surface area contributed by atoms with E-state index in [1.165, 1.54) is 12.1 Å². The molecule has 0 bridgehead atoms. The Kier molecular flexibility index (Phi) is 4.12. The summed E-state index contributed by atoms with van der Waals surface area (Å²) in [5, 5.41) is 23.3. The highest BCUT2D eigenvalue weighted by Crippen LogP contribution is 2.50. The number of nitrogens with one attached hydrogen (secondary N) is 2. The lowest BCUT2D eigenvalue weighted by molar-refractivity contribution is -0.118. The number of methoxy groups -OCH3 is 1. The number of carbonyl (C=O) groups is 1. The van der Waals surface area contributed by atoms with Gasteiger partial charge in [0, 0.05) is 29.4 Å². The lowest BCUT2D eigenvalue weighted by Crippen LogP contribution is -2.27. The number of H-pyrrole nitrogens is 1. The molecule has 0 atom stereocenters. The summed E-state index contributed by atoms with van der Waals surface area (Å²) in [5.74, 6) is -0.504. The van der Waals surface area contributed by atoms with Crippen LogP contribution in [0.5, 0.6) is 11.5 Å². The molecular weight excluding hydrogens is 356 g/mol. The third kappa shape index (κ3) is 2.99. The molecule has 6 nitrogen and oxygen atoms in total. The van der Waals surface area contributed by atoms with Gasteiger partial charge in [0.1, 0.15) is 5.60 Å². The zero-order valence-corrected chi connectivity index (χ0v) is 16.2. The van der Waals surface area contributed by atoms with Crippen LogP contribution >= 0.6 is 0 Å². The maximum Gasteiger partial charge on any atom is 0.235 e. The second kappa shape index (κ2) is 6.27. The van der Waals surface area contributed by atoms with Crippen molar-refractivity contribution < 1.29 is 19.7 Å². The van der Waals surface area contributed by atoms with Gasteiger partial charge < -0.3 is 25.3 Å². The largest absolute Gasteiger partial charge is 0.504 e. The van der Waals surface area contributed by atoms with Gasteiger partial charge in [-0.1, -0.05) is 6.07 Å². The number of fused-ring (bicyclic) bond motifs is 1. The Balaban J connectivity index is 1.59. The van der Waals surface area contributed by atoms with Crippen LogP contribution in [-0.4, -0.2) is 28.2 Å². The number of carbonyl (C=O) groups excluding carboxylic acids is 1. The first-order valence-corrected chi connectivity index (χ1v) is 9.27.